The molecule has 2 rings (SSSR count). The number of furan rings is 1. The summed E-state index contributed by atoms with van der Waals surface area (Å²) in [6, 6.07) is 6.09. The number of nitrogens with one attached hydrogen (secondary N) is 1. The first-order valence-corrected chi connectivity index (χ1v) is 6.42. The highest BCUT2D eigenvalue weighted by atomic mass is 79.9. The summed E-state index contributed by atoms with van der Waals surface area (Å²) in [7, 11) is 0. The van der Waals surface area contributed by atoms with Gasteiger partial charge in [-0.05, 0) is 41.8 Å². The monoisotopic (exact) mass is 332 g/mol. The van der Waals surface area contributed by atoms with Crippen molar-refractivity contribution < 1.29 is 8.81 Å². The Balaban J connectivity index is 2.23. The molecule has 1 aromatic heterocycles. The number of hydrogen-bond donors (Lipinski definition) is 2. The summed E-state index contributed by atoms with van der Waals surface area (Å²) in [6.07, 6.45) is 2.07. The van der Waals surface area contributed by atoms with Crippen LogP contribution in [0.2, 0.25) is 5.22 Å². The molecule has 1 unspecified atom stereocenters. The Morgan fingerprint density at radius 2 is 2.22 bits per heavy atom. The number of nitrogens with two attached hydrogens (primary N) is 1. The molecule has 0 aliphatic rings. The molecule has 1 aromatic carbocycles. The van der Waals surface area contributed by atoms with Gasteiger partial charge in [-0.3, -0.25) is 11.3 Å². The van der Waals surface area contributed by atoms with Gasteiger partial charge in [0, 0.05) is 10.0 Å². The molecule has 0 radical (unpaired) electrons. The zero-order valence-corrected chi connectivity index (χ0v) is 11.6. The van der Waals surface area contributed by atoms with Gasteiger partial charge >= 0.3 is 0 Å². The van der Waals surface area contributed by atoms with Gasteiger partial charge in [0.15, 0.2) is 5.22 Å². The highest BCUT2D eigenvalue weighted by molar-refractivity contribution is 9.10. The third kappa shape index (κ3) is 2.92. The van der Waals surface area contributed by atoms with Crippen molar-refractivity contribution in [2.24, 2.45) is 5.84 Å². The molecule has 18 heavy (non-hydrogen) atoms. The molecule has 0 spiro atoms. The molecule has 3 N–H and O–H groups in total. The smallest absolute Gasteiger partial charge is 0.197 e. The normalized spacial score (nSPS) is 12.7. The van der Waals surface area contributed by atoms with Gasteiger partial charge in [0.25, 0.3) is 0 Å². The molecule has 0 aliphatic heterocycles. The lowest BCUT2D eigenvalue weighted by Gasteiger charge is -2.15. The molecule has 0 saturated carbocycles. The van der Waals surface area contributed by atoms with Gasteiger partial charge < -0.3 is 4.42 Å². The molecular weight excluding hydrogens is 322 g/mol. The Hall–Kier alpha value is -0.880. The van der Waals surface area contributed by atoms with Gasteiger partial charge in [-0.15, -0.1) is 0 Å². The second kappa shape index (κ2) is 5.84. The first-order valence-electron chi connectivity index (χ1n) is 5.24. The van der Waals surface area contributed by atoms with Crippen LogP contribution in [0.4, 0.5) is 4.39 Å². The average molecular weight is 334 g/mol. The summed E-state index contributed by atoms with van der Waals surface area (Å²) in [5.41, 5.74) is 4.38. The van der Waals surface area contributed by atoms with Gasteiger partial charge in [-0.25, -0.2) is 4.39 Å². The zero-order chi connectivity index (χ0) is 13.1. The van der Waals surface area contributed by atoms with Crippen molar-refractivity contribution in [2.45, 2.75) is 12.5 Å². The number of halogens is 3. The van der Waals surface area contributed by atoms with Crippen LogP contribution >= 0.6 is 27.5 Å². The van der Waals surface area contributed by atoms with E-state index in [0.717, 1.165) is 11.1 Å². The van der Waals surface area contributed by atoms with Crippen LogP contribution in [0.25, 0.3) is 0 Å². The van der Waals surface area contributed by atoms with Crippen LogP contribution in [0, 0.1) is 5.82 Å². The fourth-order valence-electron chi connectivity index (χ4n) is 1.72. The summed E-state index contributed by atoms with van der Waals surface area (Å²) in [5, 5.41) is 0.302. The second-order valence-electron chi connectivity index (χ2n) is 3.81. The molecule has 1 atom stereocenters. The molecule has 2 aromatic rings. The van der Waals surface area contributed by atoms with Crippen molar-refractivity contribution in [2.75, 3.05) is 0 Å². The fraction of sp³-hybridized carbons (Fsp3) is 0.167. The van der Waals surface area contributed by atoms with Crippen molar-refractivity contribution in [1.29, 1.82) is 0 Å². The van der Waals surface area contributed by atoms with Gasteiger partial charge in [-0.1, -0.05) is 22.0 Å². The molecule has 0 amide bonds. The van der Waals surface area contributed by atoms with Crippen LogP contribution < -0.4 is 11.3 Å². The van der Waals surface area contributed by atoms with E-state index in [4.69, 9.17) is 21.9 Å². The third-order valence-corrected chi connectivity index (χ3v) is 3.71. The van der Waals surface area contributed by atoms with E-state index in [1.165, 1.54) is 18.4 Å². The number of benzene rings is 1. The summed E-state index contributed by atoms with van der Waals surface area (Å²) < 4.78 is 18.7. The van der Waals surface area contributed by atoms with E-state index >= 15 is 0 Å². The fourth-order valence-corrected chi connectivity index (χ4v) is 2.48. The number of hydrogen-bond acceptors (Lipinski definition) is 3. The molecule has 0 saturated heterocycles. The molecular formula is C12H11BrClFN2O. The SMILES string of the molecule is NNC(Cc1ccc(F)cc1Br)c1ccoc1Cl. The van der Waals surface area contributed by atoms with Crippen LogP contribution in [0.1, 0.15) is 17.2 Å². The Kier molecular flexibility index (Phi) is 4.40. The topological polar surface area (TPSA) is 51.2 Å². The zero-order valence-electron chi connectivity index (χ0n) is 9.29. The van der Waals surface area contributed by atoms with Gasteiger partial charge in [-0.2, -0.15) is 0 Å². The lowest BCUT2D eigenvalue weighted by molar-refractivity contribution is 0.526. The van der Waals surface area contributed by atoms with Crippen molar-refractivity contribution in [1.82, 2.24) is 5.43 Å². The van der Waals surface area contributed by atoms with E-state index in [1.54, 1.807) is 12.1 Å². The van der Waals surface area contributed by atoms with Gasteiger partial charge in [0.05, 0.1) is 12.3 Å². The maximum absolute atomic E-state index is 13.0. The van der Waals surface area contributed by atoms with E-state index in [2.05, 4.69) is 21.4 Å². The highest BCUT2D eigenvalue weighted by Crippen LogP contribution is 2.28. The lowest BCUT2D eigenvalue weighted by Crippen LogP contribution is -2.29. The second-order valence-corrected chi connectivity index (χ2v) is 5.01. The quantitative estimate of drug-likeness (QED) is 0.664. The predicted octanol–water partition coefficient (Wildman–Crippen LogP) is 3.58. The van der Waals surface area contributed by atoms with E-state index in [-0.39, 0.29) is 11.9 Å². The lowest BCUT2D eigenvalue weighted by atomic mass is 10.0. The van der Waals surface area contributed by atoms with Crippen LogP contribution in [0.3, 0.4) is 0 Å². The Morgan fingerprint density at radius 3 is 2.78 bits per heavy atom. The Labute approximate surface area is 117 Å². The maximum Gasteiger partial charge on any atom is 0.197 e. The molecule has 0 bridgehead atoms. The Morgan fingerprint density at radius 1 is 1.44 bits per heavy atom. The minimum atomic E-state index is -0.288. The predicted molar refractivity (Wildman–Crippen MR) is 71.6 cm³/mol. The summed E-state index contributed by atoms with van der Waals surface area (Å²) in [5.74, 6) is 5.23. The van der Waals surface area contributed by atoms with E-state index < -0.39 is 0 Å². The standard InChI is InChI=1S/C12H11BrClFN2O/c13-10-6-8(15)2-1-7(10)5-11(17-16)9-3-4-18-12(9)14/h1-4,6,11,17H,5,16H2. The van der Waals surface area contributed by atoms with E-state index in [1.807, 2.05) is 0 Å². The van der Waals surface area contributed by atoms with Crippen molar-refractivity contribution in [3.63, 3.8) is 0 Å². The average Bonchev–Trinajstić information content (AvgIpc) is 2.75. The molecule has 0 aliphatic carbocycles. The maximum atomic E-state index is 13.0. The van der Waals surface area contributed by atoms with Crippen LogP contribution in [-0.2, 0) is 6.42 Å². The van der Waals surface area contributed by atoms with Gasteiger partial charge in [0.1, 0.15) is 5.82 Å². The third-order valence-electron chi connectivity index (χ3n) is 2.66. The first-order chi connectivity index (χ1) is 8.61. The number of rotatable bonds is 4. The molecule has 6 heteroatoms. The molecule has 0 fully saturated rings. The summed E-state index contributed by atoms with van der Waals surface area (Å²) in [4.78, 5) is 0. The van der Waals surface area contributed by atoms with Crippen LogP contribution in [-0.4, -0.2) is 0 Å². The minimum Gasteiger partial charge on any atom is -0.453 e. The summed E-state index contributed by atoms with van der Waals surface area (Å²) in [6.45, 7) is 0. The van der Waals surface area contributed by atoms with E-state index in [9.17, 15) is 4.39 Å². The first kappa shape index (κ1) is 13.5. The van der Waals surface area contributed by atoms with E-state index in [0.29, 0.717) is 16.1 Å². The van der Waals surface area contributed by atoms with Crippen molar-refractivity contribution in [3.05, 3.63) is 57.2 Å². The van der Waals surface area contributed by atoms with Crippen molar-refractivity contribution >= 4 is 27.5 Å². The Bertz CT molecular complexity index is 547. The van der Waals surface area contributed by atoms with Crippen LogP contribution in [0.5, 0.6) is 0 Å². The van der Waals surface area contributed by atoms with Crippen molar-refractivity contribution in [3.8, 4) is 0 Å². The summed E-state index contributed by atoms with van der Waals surface area (Å²) >= 11 is 9.23. The molecule has 96 valence electrons. The highest BCUT2D eigenvalue weighted by Gasteiger charge is 2.17. The number of hydrazine groups is 1. The molecule has 1 heterocycles. The largest absolute Gasteiger partial charge is 0.453 e. The molecule has 3 nitrogen and oxygen atoms in total. The van der Waals surface area contributed by atoms with Crippen LogP contribution in [0.15, 0.2) is 39.4 Å². The minimum absolute atomic E-state index is 0.196. The van der Waals surface area contributed by atoms with Gasteiger partial charge in [0.2, 0.25) is 0 Å².